The minimum atomic E-state index is -5.47. The molecular formula is C79H108F5N13O18. The van der Waals surface area contributed by atoms with Crippen LogP contribution in [-0.2, 0) is 89.2 Å². The lowest BCUT2D eigenvalue weighted by molar-refractivity contribution is -0.172. The Hall–Kier alpha value is -9.74. The van der Waals surface area contributed by atoms with Crippen molar-refractivity contribution in [3.8, 4) is 0 Å². The number of hydrogen-bond donors (Lipinski definition) is 3. The summed E-state index contributed by atoms with van der Waals surface area (Å²) >= 11 is 0. The molecule has 3 N–H and O–H groups in total. The van der Waals surface area contributed by atoms with Crippen LogP contribution < -0.4 is 16.0 Å². The lowest BCUT2D eigenvalue weighted by atomic mass is 9.74. The summed E-state index contributed by atoms with van der Waals surface area (Å²) in [6, 6.07) is -6.00. The number of alkyl halides is 3. The Bertz CT molecular complexity index is 3960. The third-order valence-electron chi connectivity index (χ3n) is 23.5. The van der Waals surface area contributed by atoms with Crippen molar-refractivity contribution in [1.82, 2.24) is 65.1 Å². The highest BCUT2D eigenvalue weighted by Gasteiger charge is 2.54. The van der Waals surface area contributed by atoms with Crippen molar-refractivity contribution in [2.24, 2.45) is 17.8 Å². The number of nitrogens with one attached hydrogen (secondary N) is 3. The number of aryl methyl sites for hydroxylation is 1. The predicted molar refractivity (Wildman–Crippen MR) is 400 cm³/mol. The zero-order chi connectivity index (χ0) is 84.4. The molecule has 0 aromatic heterocycles. The predicted octanol–water partition coefficient (Wildman–Crippen LogP) is 3.62. The van der Waals surface area contributed by atoms with Crippen molar-refractivity contribution in [1.29, 1.82) is 0 Å². The second-order valence-electron chi connectivity index (χ2n) is 31.8. The fraction of sp³-hybridized carbons (Fsp3) is 0.658. The average molecular weight is 1620 g/mol. The van der Waals surface area contributed by atoms with E-state index in [2.05, 4.69) is 16.0 Å². The fourth-order valence-corrected chi connectivity index (χ4v) is 16.5. The molecule has 1 spiro atoms. The van der Waals surface area contributed by atoms with Gasteiger partial charge < -0.3 is 74.4 Å². The molecule has 2 bridgehead atoms. The van der Waals surface area contributed by atoms with Gasteiger partial charge in [-0.05, 0) is 119 Å². The van der Waals surface area contributed by atoms with E-state index < -0.39 is 228 Å². The smallest absolute Gasteiger partial charge is 0.378 e. The minimum absolute atomic E-state index is 0.0228. The lowest BCUT2D eigenvalue weighted by Crippen LogP contribution is -2.68. The van der Waals surface area contributed by atoms with Gasteiger partial charge in [-0.1, -0.05) is 77.0 Å². The normalized spacial score (nSPS) is 26.2. The van der Waals surface area contributed by atoms with Crippen LogP contribution in [0.25, 0.3) is 0 Å². The second-order valence-corrected chi connectivity index (χ2v) is 31.8. The molecule has 2 aliphatic carbocycles. The van der Waals surface area contributed by atoms with Gasteiger partial charge >= 0.3 is 12.1 Å². The first-order valence-corrected chi connectivity index (χ1v) is 39.6. The summed E-state index contributed by atoms with van der Waals surface area (Å²) in [6.07, 6.45) is -5.89. The van der Waals surface area contributed by atoms with E-state index >= 15 is 51.9 Å². The fourth-order valence-electron chi connectivity index (χ4n) is 16.5. The summed E-state index contributed by atoms with van der Waals surface area (Å²) < 4.78 is 83.9. The van der Waals surface area contributed by atoms with E-state index in [1.165, 1.54) is 69.3 Å². The summed E-state index contributed by atoms with van der Waals surface area (Å²) in [5, 5.41) is 8.47. The van der Waals surface area contributed by atoms with Crippen molar-refractivity contribution in [2.45, 2.75) is 216 Å². The highest BCUT2D eigenvalue weighted by atomic mass is 19.4. The number of imide groups is 1. The molecule has 7 aliphatic rings. The maximum absolute atomic E-state index is 15.8. The van der Waals surface area contributed by atoms with E-state index in [0.717, 1.165) is 41.3 Å². The van der Waals surface area contributed by atoms with Crippen molar-refractivity contribution in [3.63, 3.8) is 0 Å². The number of amides is 14. The number of nitrogens with zero attached hydrogens (tertiary/aromatic N) is 10. The molecule has 4 saturated heterocycles. The number of halogens is 5. The molecule has 2 saturated carbocycles. The molecule has 2 aromatic carbocycles. The first kappa shape index (κ1) is 89.2. The molecule has 10 atom stereocenters. The first-order valence-electron chi connectivity index (χ1n) is 39.6. The number of morpholine rings is 1. The Morgan fingerprint density at radius 3 is 1.85 bits per heavy atom. The second kappa shape index (κ2) is 38.3. The van der Waals surface area contributed by atoms with Gasteiger partial charge in [-0.3, -0.25) is 67.1 Å². The van der Waals surface area contributed by atoms with Crippen LogP contribution in [0.1, 0.15) is 176 Å². The third-order valence-corrected chi connectivity index (χ3v) is 23.5. The van der Waals surface area contributed by atoms with E-state index in [4.69, 9.17) is 14.3 Å². The van der Waals surface area contributed by atoms with Gasteiger partial charge in [0.15, 0.2) is 0 Å². The highest BCUT2D eigenvalue weighted by Crippen LogP contribution is 2.40. The molecule has 6 fully saturated rings. The molecule has 0 unspecified atom stereocenters. The van der Waals surface area contributed by atoms with Crippen LogP contribution in [0, 0.1) is 29.4 Å². The van der Waals surface area contributed by atoms with Crippen LogP contribution >= 0.6 is 0 Å². The molecule has 632 valence electrons. The van der Waals surface area contributed by atoms with Crippen molar-refractivity contribution in [2.75, 3.05) is 101 Å². The van der Waals surface area contributed by atoms with Gasteiger partial charge in [0.1, 0.15) is 71.1 Å². The standard InChI is InChI=1S/C79H108F5N13O18/c1-12-46(5)65-75(110)89(7)44-62(100)90(8)55-26-15-14-20-31-95(74(55)109)59(41-63(101)115-97-69(104)50-24-18-19-25-51(50)70(97)105)72(107)88(6)43-60(98)85-54(28-27-47-37-52(80)64(53(81)38-47)79(82,83)84)71(106)96-42-49(114-13-2)39-57(96)68(103)87-78(29-21-30-78)77(112)93(11)66(48-22-16-17-23-48)76(111)92(10)58(73(108)94-32-34-113-35-33-94)40-61(99)91(9)56(36-45(3)4)67(102)86-65/h18-19,24-25,37-38,45-46,48-49,54-59,65-66H,12-17,20-23,26-36,39-44H2,1-11H3,(H,85,98)(H,86,102)(H,87,103)/t46-,49+,54-,55-,56-,57-,58-,59-,65-,66-/m0/s1. The molecule has 5 aliphatic heterocycles. The minimum Gasteiger partial charge on any atom is -0.378 e. The first-order chi connectivity index (χ1) is 54.3. The molecule has 31 nitrogen and oxygen atoms in total. The summed E-state index contributed by atoms with van der Waals surface area (Å²) in [6.45, 7) is 6.79. The number of carbonyl (C=O) groups excluding carboxylic acids is 15. The molecule has 2 aromatic rings. The number of rotatable bonds is 14. The summed E-state index contributed by atoms with van der Waals surface area (Å²) in [7, 11) is 7.79. The van der Waals surface area contributed by atoms with Crippen molar-refractivity contribution >= 4 is 88.7 Å². The van der Waals surface area contributed by atoms with Crippen LogP contribution in [0.2, 0.25) is 0 Å². The number of fused-ring (bicyclic) bond motifs is 4. The molecule has 0 radical (unpaired) electrons. The van der Waals surface area contributed by atoms with Crippen LogP contribution in [0.15, 0.2) is 36.4 Å². The Balaban J connectivity index is 1.13. The molecule has 9 rings (SSSR count). The number of hydroxylamine groups is 2. The molecular weight excluding hydrogens is 1510 g/mol. The zero-order valence-electron chi connectivity index (χ0n) is 67.2. The van der Waals surface area contributed by atoms with Crippen molar-refractivity contribution in [3.05, 3.63) is 70.3 Å². The van der Waals surface area contributed by atoms with Crippen LogP contribution in [-0.4, -0.2) is 299 Å². The maximum atomic E-state index is 15.8. The maximum Gasteiger partial charge on any atom is 0.422 e. The quantitative estimate of drug-likeness (QED) is 0.180. The van der Waals surface area contributed by atoms with Crippen LogP contribution in [0.4, 0.5) is 22.0 Å². The third kappa shape index (κ3) is 20.4. The summed E-state index contributed by atoms with van der Waals surface area (Å²) in [5.41, 5.74) is -4.61. The number of ether oxygens (including phenoxy) is 2. The van der Waals surface area contributed by atoms with E-state index in [0.29, 0.717) is 63.5 Å². The van der Waals surface area contributed by atoms with Crippen molar-refractivity contribution < 1.29 is 108 Å². The SMILES string of the molecule is CCO[C@@H]1C[C@H]2C(=O)NC3(CCC3)C(=O)N(C)[C@@H](C3CCCC3)C(=O)N(C)[C@H](C(=O)N3CCOCC3)CC(=O)N(C)[C@@H](CC(C)C)C(=O)N[C@@H]([C@@H](C)CC)C(=O)N(C)CC(=O)N(C)[C@H]3CCCCCN(C3=O)[C@@H](CC(=O)ON3C(=O)c4ccccc4C3=O)C(=O)N(C)CC(=O)N[C@@H](CCc3cc(F)c(C(F)(F)F)c(F)c3)C(=O)N2C1. The van der Waals surface area contributed by atoms with Gasteiger partial charge in [0.05, 0.1) is 56.4 Å². The van der Waals surface area contributed by atoms with Crippen LogP contribution in [0.3, 0.4) is 0 Å². The number of likely N-dealkylation sites (N-methyl/N-ethyl adjacent to an activating group) is 6. The van der Waals surface area contributed by atoms with E-state index in [1.807, 2.05) is 13.8 Å². The Labute approximate surface area is 665 Å². The van der Waals surface area contributed by atoms with Gasteiger partial charge in [0.25, 0.3) is 11.8 Å². The lowest BCUT2D eigenvalue weighted by Gasteiger charge is -2.47. The summed E-state index contributed by atoms with van der Waals surface area (Å²) in [4.78, 5) is 240. The highest BCUT2D eigenvalue weighted by molar-refractivity contribution is 6.21. The van der Waals surface area contributed by atoms with Gasteiger partial charge in [-0.25, -0.2) is 13.6 Å². The van der Waals surface area contributed by atoms with Gasteiger partial charge in [0.2, 0.25) is 70.9 Å². The monoisotopic (exact) mass is 1620 g/mol. The molecule has 14 amide bonds. The van der Waals surface area contributed by atoms with Gasteiger partial charge in [-0.15, -0.1) is 0 Å². The molecule has 36 heteroatoms. The largest absolute Gasteiger partial charge is 0.422 e. The van der Waals surface area contributed by atoms with Gasteiger partial charge in [-0.2, -0.15) is 13.2 Å². The van der Waals surface area contributed by atoms with E-state index in [1.54, 1.807) is 20.8 Å². The van der Waals surface area contributed by atoms with Gasteiger partial charge in [0, 0.05) is 81.5 Å². The van der Waals surface area contributed by atoms with E-state index in [9.17, 15) is 41.9 Å². The topological polar surface area (TPSA) is 352 Å². The van der Waals surface area contributed by atoms with Crippen LogP contribution in [0.5, 0.6) is 0 Å². The number of carbonyl (C=O) groups is 15. The zero-order valence-corrected chi connectivity index (χ0v) is 67.2. The van der Waals surface area contributed by atoms with E-state index in [-0.39, 0.29) is 107 Å². The molecule has 5 heterocycles. The summed E-state index contributed by atoms with van der Waals surface area (Å²) in [5.74, 6) is -19.3. The Morgan fingerprint density at radius 2 is 1.27 bits per heavy atom. The average Bonchev–Trinajstić information content (AvgIpc) is 1.73. The number of hydrogen-bond acceptors (Lipinski definition) is 18. The number of benzene rings is 2. The Morgan fingerprint density at radius 1 is 0.652 bits per heavy atom. The molecule has 115 heavy (non-hydrogen) atoms. The Kier molecular flexibility index (Phi) is 29.7.